The fourth-order valence-electron chi connectivity index (χ4n) is 2.27. The van der Waals surface area contributed by atoms with Gasteiger partial charge in [0, 0.05) is 13.1 Å². The Labute approximate surface area is 104 Å². The minimum Gasteiger partial charge on any atom is -0.406 e. The van der Waals surface area contributed by atoms with Gasteiger partial charge in [-0.15, -0.1) is 13.2 Å². The molecule has 1 aromatic carbocycles. The van der Waals surface area contributed by atoms with E-state index in [0.717, 1.165) is 25.1 Å². The number of alkyl halides is 3. The molecule has 1 fully saturated rings. The summed E-state index contributed by atoms with van der Waals surface area (Å²) >= 11 is 0. The predicted octanol–water partition coefficient (Wildman–Crippen LogP) is 3.43. The summed E-state index contributed by atoms with van der Waals surface area (Å²) in [7, 11) is 0. The van der Waals surface area contributed by atoms with E-state index in [9.17, 15) is 13.2 Å². The van der Waals surface area contributed by atoms with Crippen molar-refractivity contribution in [1.82, 2.24) is 4.90 Å². The van der Waals surface area contributed by atoms with Crippen LogP contribution in [0.5, 0.6) is 5.75 Å². The van der Waals surface area contributed by atoms with Gasteiger partial charge in [0.05, 0.1) is 0 Å². The number of likely N-dealkylation sites (tertiary alicyclic amines) is 1. The molecule has 0 bridgehead atoms. The van der Waals surface area contributed by atoms with Gasteiger partial charge in [0.1, 0.15) is 5.75 Å². The van der Waals surface area contributed by atoms with E-state index in [4.69, 9.17) is 0 Å². The summed E-state index contributed by atoms with van der Waals surface area (Å²) in [4.78, 5) is 2.25. The summed E-state index contributed by atoms with van der Waals surface area (Å²) in [5.41, 5.74) is 0.853. The van der Waals surface area contributed by atoms with Crippen molar-refractivity contribution in [3.63, 3.8) is 0 Å². The van der Waals surface area contributed by atoms with Gasteiger partial charge in [0.15, 0.2) is 0 Å². The van der Waals surface area contributed by atoms with Crippen molar-refractivity contribution in [1.29, 1.82) is 0 Å². The first-order valence-corrected chi connectivity index (χ1v) is 5.99. The Balaban J connectivity index is 1.99. The molecule has 0 spiro atoms. The van der Waals surface area contributed by atoms with Gasteiger partial charge in [0.25, 0.3) is 0 Å². The van der Waals surface area contributed by atoms with E-state index in [1.165, 1.54) is 12.1 Å². The van der Waals surface area contributed by atoms with Crippen molar-refractivity contribution < 1.29 is 17.9 Å². The molecule has 1 unspecified atom stereocenters. The number of halogens is 3. The number of nitrogens with zero attached hydrogens (tertiary/aromatic N) is 1. The summed E-state index contributed by atoms with van der Waals surface area (Å²) in [6.45, 7) is 4.87. The van der Waals surface area contributed by atoms with Crippen molar-refractivity contribution in [3.05, 3.63) is 29.8 Å². The predicted molar refractivity (Wildman–Crippen MR) is 62.2 cm³/mol. The third kappa shape index (κ3) is 3.91. The van der Waals surface area contributed by atoms with Gasteiger partial charge in [-0.2, -0.15) is 0 Å². The van der Waals surface area contributed by atoms with E-state index in [0.29, 0.717) is 12.5 Å². The van der Waals surface area contributed by atoms with E-state index in [1.807, 2.05) is 6.07 Å². The molecule has 0 radical (unpaired) electrons. The molecule has 0 aliphatic carbocycles. The smallest absolute Gasteiger partial charge is 0.406 e. The molecule has 1 aromatic rings. The fourth-order valence-corrected chi connectivity index (χ4v) is 2.27. The van der Waals surface area contributed by atoms with Crippen LogP contribution in [-0.4, -0.2) is 24.4 Å². The number of ether oxygens (including phenoxy) is 1. The molecule has 1 heterocycles. The second-order valence-electron chi connectivity index (χ2n) is 4.82. The van der Waals surface area contributed by atoms with Crippen molar-refractivity contribution in [2.75, 3.05) is 13.1 Å². The maximum atomic E-state index is 12.1. The Morgan fingerprint density at radius 1 is 1.39 bits per heavy atom. The lowest BCUT2D eigenvalue weighted by molar-refractivity contribution is -0.274. The molecule has 0 aromatic heterocycles. The summed E-state index contributed by atoms with van der Waals surface area (Å²) in [5, 5.41) is 0. The lowest BCUT2D eigenvalue weighted by Gasteiger charge is -2.16. The maximum Gasteiger partial charge on any atom is 0.573 e. The number of rotatable bonds is 3. The zero-order chi connectivity index (χ0) is 13.2. The molecule has 1 aliphatic heterocycles. The molecular formula is C13H16F3NO. The summed E-state index contributed by atoms with van der Waals surface area (Å²) < 4.78 is 40.2. The summed E-state index contributed by atoms with van der Waals surface area (Å²) in [6, 6.07) is 6.20. The first-order chi connectivity index (χ1) is 8.42. The Morgan fingerprint density at radius 3 is 2.78 bits per heavy atom. The Morgan fingerprint density at radius 2 is 2.17 bits per heavy atom. The third-order valence-corrected chi connectivity index (χ3v) is 3.05. The lowest BCUT2D eigenvalue weighted by Crippen LogP contribution is -2.20. The van der Waals surface area contributed by atoms with Crippen LogP contribution in [0.1, 0.15) is 18.9 Å². The zero-order valence-electron chi connectivity index (χ0n) is 10.2. The highest BCUT2D eigenvalue weighted by molar-refractivity contribution is 5.28. The van der Waals surface area contributed by atoms with Crippen molar-refractivity contribution in [3.8, 4) is 5.75 Å². The minimum atomic E-state index is -4.62. The third-order valence-electron chi connectivity index (χ3n) is 3.05. The standard InChI is InChI=1S/C13H16F3NO/c1-10-5-6-17(8-10)9-11-3-2-4-12(7-11)18-13(14,15)16/h2-4,7,10H,5-6,8-9H2,1H3. The summed E-state index contributed by atoms with van der Waals surface area (Å²) in [6.07, 6.45) is -3.47. The van der Waals surface area contributed by atoms with Crippen LogP contribution in [0.2, 0.25) is 0 Å². The van der Waals surface area contributed by atoms with Crippen molar-refractivity contribution in [2.24, 2.45) is 5.92 Å². The monoisotopic (exact) mass is 259 g/mol. The SMILES string of the molecule is CC1CCN(Cc2cccc(OC(F)(F)F)c2)C1. The van der Waals surface area contributed by atoms with E-state index in [2.05, 4.69) is 16.6 Å². The minimum absolute atomic E-state index is 0.146. The van der Waals surface area contributed by atoms with Crippen LogP contribution in [0.15, 0.2) is 24.3 Å². The van der Waals surface area contributed by atoms with Crippen LogP contribution < -0.4 is 4.74 Å². The molecule has 2 nitrogen and oxygen atoms in total. The van der Waals surface area contributed by atoms with Crippen molar-refractivity contribution in [2.45, 2.75) is 26.3 Å². The van der Waals surface area contributed by atoms with Crippen molar-refractivity contribution >= 4 is 0 Å². The van der Waals surface area contributed by atoms with Gasteiger partial charge in [-0.3, -0.25) is 4.90 Å². The molecule has 1 aliphatic rings. The Bertz CT molecular complexity index is 405. The highest BCUT2D eigenvalue weighted by Crippen LogP contribution is 2.24. The Kier molecular flexibility index (Phi) is 3.80. The maximum absolute atomic E-state index is 12.1. The van der Waals surface area contributed by atoms with Crippen LogP contribution >= 0.6 is 0 Å². The molecule has 18 heavy (non-hydrogen) atoms. The van der Waals surface area contributed by atoms with E-state index < -0.39 is 6.36 Å². The molecule has 100 valence electrons. The van der Waals surface area contributed by atoms with Gasteiger partial charge in [0.2, 0.25) is 0 Å². The van der Waals surface area contributed by atoms with Crippen LogP contribution in [-0.2, 0) is 6.54 Å². The lowest BCUT2D eigenvalue weighted by atomic mass is 10.2. The van der Waals surface area contributed by atoms with Crippen LogP contribution in [0, 0.1) is 5.92 Å². The van der Waals surface area contributed by atoms with E-state index in [1.54, 1.807) is 6.07 Å². The van der Waals surface area contributed by atoms with Gasteiger partial charge in [-0.05, 0) is 36.6 Å². The van der Waals surface area contributed by atoms with Gasteiger partial charge < -0.3 is 4.74 Å². The molecule has 0 N–H and O–H groups in total. The van der Waals surface area contributed by atoms with Gasteiger partial charge in [-0.1, -0.05) is 19.1 Å². The van der Waals surface area contributed by atoms with E-state index >= 15 is 0 Å². The topological polar surface area (TPSA) is 12.5 Å². The average molecular weight is 259 g/mol. The van der Waals surface area contributed by atoms with Gasteiger partial charge in [-0.25, -0.2) is 0 Å². The quantitative estimate of drug-likeness (QED) is 0.824. The summed E-state index contributed by atoms with van der Waals surface area (Å²) in [5.74, 6) is 0.520. The Hall–Kier alpha value is -1.23. The second kappa shape index (κ2) is 5.18. The van der Waals surface area contributed by atoms with Crippen LogP contribution in [0.25, 0.3) is 0 Å². The fraction of sp³-hybridized carbons (Fsp3) is 0.538. The zero-order valence-corrected chi connectivity index (χ0v) is 10.2. The van der Waals surface area contributed by atoms with Crippen LogP contribution in [0.3, 0.4) is 0 Å². The molecule has 0 saturated carbocycles. The van der Waals surface area contributed by atoms with E-state index in [-0.39, 0.29) is 5.75 Å². The average Bonchev–Trinajstić information content (AvgIpc) is 2.62. The molecule has 1 atom stereocenters. The largest absolute Gasteiger partial charge is 0.573 e. The highest BCUT2D eigenvalue weighted by atomic mass is 19.4. The molecule has 2 rings (SSSR count). The normalized spacial score (nSPS) is 21.2. The molecular weight excluding hydrogens is 243 g/mol. The molecule has 5 heteroatoms. The number of benzene rings is 1. The first-order valence-electron chi connectivity index (χ1n) is 5.99. The highest BCUT2D eigenvalue weighted by Gasteiger charge is 2.31. The van der Waals surface area contributed by atoms with Gasteiger partial charge >= 0.3 is 6.36 Å². The molecule has 1 saturated heterocycles. The van der Waals surface area contributed by atoms with Crippen LogP contribution in [0.4, 0.5) is 13.2 Å². The first kappa shape index (κ1) is 13.2. The number of hydrogen-bond acceptors (Lipinski definition) is 2. The molecule has 0 amide bonds. The second-order valence-corrected chi connectivity index (χ2v) is 4.82. The number of hydrogen-bond donors (Lipinski definition) is 0.